The molecule has 0 bridgehead atoms. The summed E-state index contributed by atoms with van der Waals surface area (Å²) in [4.78, 5) is 19.3. The Kier molecular flexibility index (Phi) is 8.81. The first-order valence-corrected chi connectivity index (χ1v) is 12.9. The second kappa shape index (κ2) is 12.0. The van der Waals surface area contributed by atoms with Crippen LogP contribution in [0.4, 0.5) is 5.69 Å². The number of ether oxygens (including phenoxy) is 2. The number of fused-ring (bicyclic) bond motifs is 2. The van der Waals surface area contributed by atoms with Crippen molar-refractivity contribution in [2.75, 3.05) is 51.8 Å². The number of hydrogen-bond donors (Lipinski definition) is 1. The first kappa shape index (κ1) is 26.4. The number of rotatable bonds is 6. The van der Waals surface area contributed by atoms with Gasteiger partial charge in [0.2, 0.25) is 5.91 Å². The molecule has 36 heavy (non-hydrogen) atoms. The van der Waals surface area contributed by atoms with Crippen LogP contribution in [0, 0.1) is 5.92 Å². The zero-order valence-corrected chi connectivity index (χ0v) is 22.0. The maximum absolute atomic E-state index is 13.0. The van der Waals surface area contributed by atoms with Crippen LogP contribution in [0.25, 0.3) is 0 Å². The van der Waals surface area contributed by atoms with Gasteiger partial charge in [-0.15, -0.1) is 5.10 Å². The van der Waals surface area contributed by atoms with Crippen molar-refractivity contribution in [3.05, 3.63) is 35.7 Å². The van der Waals surface area contributed by atoms with Crippen molar-refractivity contribution in [3.63, 3.8) is 0 Å². The molecule has 4 rings (SSSR count). The number of benzene rings is 1. The van der Waals surface area contributed by atoms with E-state index in [4.69, 9.17) is 9.47 Å². The Morgan fingerprint density at radius 1 is 1.31 bits per heavy atom. The fourth-order valence-electron chi connectivity index (χ4n) is 4.93. The molecule has 2 aliphatic rings. The van der Waals surface area contributed by atoms with Gasteiger partial charge < -0.3 is 24.4 Å². The molecule has 0 spiro atoms. The molecule has 1 amide bonds. The van der Waals surface area contributed by atoms with Crippen molar-refractivity contribution < 1.29 is 19.4 Å². The Morgan fingerprint density at radius 3 is 2.94 bits per heavy atom. The number of aliphatic hydroxyl groups is 1. The number of anilines is 1. The quantitative estimate of drug-likeness (QED) is 0.641. The van der Waals surface area contributed by atoms with Crippen LogP contribution in [0.15, 0.2) is 24.4 Å². The highest BCUT2D eigenvalue weighted by atomic mass is 16.5. The van der Waals surface area contributed by atoms with Gasteiger partial charge >= 0.3 is 0 Å². The lowest BCUT2D eigenvalue weighted by molar-refractivity contribution is -0.136. The summed E-state index contributed by atoms with van der Waals surface area (Å²) in [5, 5.41) is 18.0. The fraction of sp³-hybridized carbons (Fsp3) is 0.654. The standard InChI is InChI=1S/C26H40N6O4/c1-19-14-31(20(2)17-33)26(34)6-5-9-32-22(13-27-28-32)18-36-25(19)16-29(3)15-21-7-8-23-24(12-21)35-11-10-30(23)4/h7-8,12-13,19-20,25,33H,5-6,9-11,14-18H2,1-4H3/t19-,20-,25+/m0/s1. The highest BCUT2D eigenvalue weighted by molar-refractivity contribution is 5.76. The molecule has 0 aliphatic carbocycles. The van der Waals surface area contributed by atoms with E-state index in [1.54, 1.807) is 6.20 Å². The molecule has 0 fully saturated rings. The lowest BCUT2D eigenvalue weighted by atomic mass is 10.0. The molecular formula is C26H40N6O4. The maximum atomic E-state index is 13.0. The Balaban J connectivity index is 1.49. The molecule has 0 saturated carbocycles. The van der Waals surface area contributed by atoms with Gasteiger partial charge in [0, 0.05) is 45.6 Å². The Morgan fingerprint density at radius 2 is 2.14 bits per heavy atom. The van der Waals surface area contributed by atoms with E-state index in [-0.39, 0.29) is 30.6 Å². The number of aryl methyl sites for hydroxylation is 1. The smallest absolute Gasteiger partial charge is 0.222 e. The molecule has 10 nitrogen and oxygen atoms in total. The number of nitrogens with zero attached hydrogens (tertiary/aromatic N) is 6. The highest BCUT2D eigenvalue weighted by Gasteiger charge is 2.28. The number of likely N-dealkylation sites (N-methyl/N-ethyl adjacent to an activating group) is 2. The molecule has 3 atom stereocenters. The summed E-state index contributed by atoms with van der Waals surface area (Å²) < 4.78 is 14.2. The summed E-state index contributed by atoms with van der Waals surface area (Å²) >= 11 is 0. The van der Waals surface area contributed by atoms with E-state index in [9.17, 15) is 9.90 Å². The van der Waals surface area contributed by atoms with Gasteiger partial charge in [0.1, 0.15) is 12.4 Å². The minimum atomic E-state index is -0.239. The van der Waals surface area contributed by atoms with Crippen molar-refractivity contribution >= 4 is 11.6 Å². The third-order valence-electron chi connectivity index (χ3n) is 7.20. The van der Waals surface area contributed by atoms with Gasteiger partial charge in [-0.3, -0.25) is 9.69 Å². The van der Waals surface area contributed by atoms with Crippen molar-refractivity contribution in [3.8, 4) is 5.75 Å². The van der Waals surface area contributed by atoms with Gasteiger partial charge in [0.15, 0.2) is 0 Å². The van der Waals surface area contributed by atoms with E-state index in [0.717, 1.165) is 30.2 Å². The molecule has 1 N–H and O–H groups in total. The van der Waals surface area contributed by atoms with E-state index in [0.29, 0.717) is 45.7 Å². The topological polar surface area (TPSA) is 96.2 Å². The van der Waals surface area contributed by atoms with Crippen molar-refractivity contribution in [2.45, 2.75) is 58.5 Å². The molecule has 1 aromatic heterocycles. The number of aliphatic hydroxyl groups excluding tert-OH is 1. The zero-order chi connectivity index (χ0) is 25.7. The molecule has 2 aromatic rings. The normalized spacial score (nSPS) is 22.3. The van der Waals surface area contributed by atoms with Crippen molar-refractivity contribution in [1.82, 2.24) is 24.8 Å². The van der Waals surface area contributed by atoms with Gasteiger partial charge in [-0.05, 0) is 38.1 Å². The molecular weight excluding hydrogens is 460 g/mol. The van der Waals surface area contributed by atoms with Gasteiger partial charge in [-0.2, -0.15) is 0 Å². The molecule has 10 heteroatoms. The second-order valence-corrected chi connectivity index (χ2v) is 10.2. The minimum Gasteiger partial charge on any atom is -0.490 e. The molecule has 1 aromatic carbocycles. The van der Waals surface area contributed by atoms with Crippen molar-refractivity contribution in [2.24, 2.45) is 5.92 Å². The first-order chi connectivity index (χ1) is 17.4. The summed E-state index contributed by atoms with van der Waals surface area (Å²) in [6, 6.07) is 6.16. The largest absolute Gasteiger partial charge is 0.490 e. The number of carbonyl (C=O) groups is 1. The molecule has 0 unspecified atom stereocenters. The van der Waals surface area contributed by atoms with Crippen LogP contribution in [0.1, 0.15) is 37.9 Å². The summed E-state index contributed by atoms with van der Waals surface area (Å²) in [6.07, 6.45) is 2.70. The maximum Gasteiger partial charge on any atom is 0.222 e. The fourth-order valence-corrected chi connectivity index (χ4v) is 4.93. The number of aromatic nitrogens is 3. The van der Waals surface area contributed by atoms with Crippen LogP contribution in [0.5, 0.6) is 5.75 Å². The van der Waals surface area contributed by atoms with Crippen LogP contribution in [-0.4, -0.2) is 94.9 Å². The lowest BCUT2D eigenvalue weighted by Gasteiger charge is -2.35. The first-order valence-electron chi connectivity index (χ1n) is 12.9. The minimum absolute atomic E-state index is 0.0526. The summed E-state index contributed by atoms with van der Waals surface area (Å²) in [5.41, 5.74) is 3.22. The lowest BCUT2D eigenvalue weighted by Crippen LogP contribution is -2.47. The zero-order valence-electron chi connectivity index (χ0n) is 22.0. The average Bonchev–Trinajstić information content (AvgIpc) is 3.31. The van der Waals surface area contributed by atoms with E-state index in [2.05, 4.69) is 59.3 Å². The number of hydrogen-bond acceptors (Lipinski definition) is 8. The summed E-state index contributed by atoms with van der Waals surface area (Å²) in [5.74, 6) is 1.05. The van der Waals surface area contributed by atoms with Crippen LogP contribution >= 0.6 is 0 Å². The Hall–Kier alpha value is -2.69. The van der Waals surface area contributed by atoms with Crippen molar-refractivity contribution in [1.29, 1.82) is 0 Å². The van der Waals surface area contributed by atoms with Gasteiger partial charge in [0.25, 0.3) is 0 Å². The summed E-state index contributed by atoms with van der Waals surface area (Å²) in [7, 11) is 4.17. The highest BCUT2D eigenvalue weighted by Crippen LogP contribution is 2.31. The molecule has 0 saturated heterocycles. The molecule has 0 radical (unpaired) electrons. The number of carbonyl (C=O) groups excluding carboxylic acids is 1. The Labute approximate surface area is 213 Å². The van der Waals surface area contributed by atoms with E-state index >= 15 is 0 Å². The predicted molar refractivity (Wildman–Crippen MR) is 137 cm³/mol. The molecule has 3 heterocycles. The van der Waals surface area contributed by atoms with Gasteiger partial charge in [-0.1, -0.05) is 18.2 Å². The van der Waals surface area contributed by atoms with Crippen LogP contribution in [0.3, 0.4) is 0 Å². The van der Waals surface area contributed by atoms with E-state index in [1.807, 2.05) is 16.5 Å². The Bertz CT molecular complexity index is 1010. The van der Waals surface area contributed by atoms with E-state index in [1.165, 1.54) is 5.56 Å². The van der Waals surface area contributed by atoms with Crippen LogP contribution < -0.4 is 9.64 Å². The average molecular weight is 501 g/mol. The summed E-state index contributed by atoms with van der Waals surface area (Å²) in [6.45, 7) is 8.55. The van der Waals surface area contributed by atoms with Crippen LogP contribution in [0.2, 0.25) is 0 Å². The van der Waals surface area contributed by atoms with E-state index < -0.39 is 0 Å². The SMILES string of the molecule is C[C@H]1CN([C@@H](C)CO)C(=O)CCCn2nncc2CO[C@@H]1CN(C)Cc1ccc2c(c1)OCCN2C. The third-order valence-corrected chi connectivity index (χ3v) is 7.20. The predicted octanol–water partition coefficient (Wildman–Crippen LogP) is 1.76. The third kappa shape index (κ3) is 6.35. The van der Waals surface area contributed by atoms with Gasteiger partial charge in [0.05, 0.1) is 49.5 Å². The monoisotopic (exact) mass is 500 g/mol. The van der Waals surface area contributed by atoms with Crippen LogP contribution in [-0.2, 0) is 29.2 Å². The molecule has 2 aliphatic heterocycles. The second-order valence-electron chi connectivity index (χ2n) is 10.2. The number of amides is 1. The van der Waals surface area contributed by atoms with Gasteiger partial charge in [-0.25, -0.2) is 4.68 Å². The molecule has 198 valence electrons.